The fourth-order valence-corrected chi connectivity index (χ4v) is 8.30. The Balaban J connectivity index is 1.36. The molecule has 3 aliphatic carbocycles. The zero-order chi connectivity index (χ0) is 27.0. The average Bonchev–Trinajstić information content (AvgIpc) is 3.40. The molecule has 0 aliphatic heterocycles. The predicted molar refractivity (Wildman–Crippen MR) is 143 cm³/mol. The number of benzene rings is 1. The molecule has 38 heavy (non-hydrogen) atoms. The SMILES string of the molecule is Cc1cnc(NC(=O)CCC2CC(OC(=O)CCC(=O)O)C3(C)CCC4c5ccc(O)cc5CCC4C23)s1. The van der Waals surface area contributed by atoms with Crippen molar-refractivity contribution in [3.05, 3.63) is 40.4 Å². The Kier molecular flexibility index (Phi) is 7.49. The van der Waals surface area contributed by atoms with Gasteiger partial charge in [-0.25, -0.2) is 4.98 Å². The number of aryl methyl sites for hydroxylation is 2. The number of anilines is 1. The number of thiazole rings is 1. The molecule has 204 valence electrons. The average molecular weight is 541 g/mol. The first-order chi connectivity index (χ1) is 18.1. The molecule has 6 atom stereocenters. The summed E-state index contributed by atoms with van der Waals surface area (Å²) >= 11 is 1.45. The summed E-state index contributed by atoms with van der Waals surface area (Å²) < 4.78 is 5.99. The minimum Gasteiger partial charge on any atom is -0.508 e. The van der Waals surface area contributed by atoms with Crippen LogP contribution in [-0.2, 0) is 25.5 Å². The third-order valence-electron chi connectivity index (χ3n) is 9.19. The summed E-state index contributed by atoms with van der Waals surface area (Å²) in [6.07, 6.45) is 6.64. The molecule has 0 saturated heterocycles. The van der Waals surface area contributed by atoms with Crippen molar-refractivity contribution in [1.82, 2.24) is 4.98 Å². The van der Waals surface area contributed by atoms with Crippen LogP contribution in [0, 0.1) is 30.1 Å². The number of carboxylic acids is 1. The minimum atomic E-state index is -1.01. The number of aromatic hydroxyl groups is 1. The molecule has 1 heterocycles. The Bertz CT molecular complexity index is 1230. The maximum atomic E-state index is 12.8. The lowest BCUT2D eigenvalue weighted by Crippen LogP contribution is -2.46. The lowest BCUT2D eigenvalue weighted by atomic mass is 9.53. The van der Waals surface area contributed by atoms with Gasteiger partial charge in [0.05, 0.1) is 12.8 Å². The highest BCUT2D eigenvalue weighted by Gasteiger charge is 2.59. The van der Waals surface area contributed by atoms with E-state index in [4.69, 9.17) is 9.84 Å². The van der Waals surface area contributed by atoms with Gasteiger partial charge in [-0.15, -0.1) is 11.3 Å². The lowest BCUT2D eigenvalue weighted by Gasteiger charge is -2.51. The molecule has 1 aromatic heterocycles. The molecular formula is C29H36N2O6S. The second-order valence-corrected chi connectivity index (χ2v) is 12.7. The van der Waals surface area contributed by atoms with E-state index in [-0.39, 0.29) is 42.1 Å². The summed E-state index contributed by atoms with van der Waals surface area (Å²) in [6.45, 7) is 4.18. The summed E-state index contributed by atoms with van der Waals surface area (Å²) in [5.41, 5.74) is 2.32. The molecule has 1 aromatic carbocycles. The van der Waals surface area contributed by atoms with Crippen LogP contribution in [0.5, 0.6) is 5.75 Å². The Morgan fingerprint density at radius 1 is 1.21 bits per heavy atom. The first kappa shape index (κ1) is 26.7. The highest BCUT2D eigenvalue weighted by molar-refractivity contribution is 7.15. The number of carbonyl (C=O) groups is 3. The van der Waals surface area contributed by atoms with Crippen LogP contribution in [0.2, 0.25) is 0 Å². The summed E-state index contributed by atoms with van der Waals surface area (Å²) in [6, 6.07) is 5.74. The predicted octanol–water partition coefficient (Wildman–Crippen LogP) is 5.43. The Hall–Kier alpha value is -2.94. The van der Waals surface area contributed by atoms with Crippen LogP contribution in [-0.4, -0.2) is 39.1 Å². The third-order valence-corrected chi connectivity index (χ3v) is 10.0. The van der Waals surface area contributed by atoms with E-state index in [1.165, 1.54) is 22.5 Å². The summed E-state index contributed by atoms with van der Waals surface area (Å²) in [5, 5.41) is 22.5. The number of phenols is 1. The largest absolute Gasteiger partial charge is 0.508 e. The number of ether oxygens (including phenoxy) is 1. The molecule has 8 nitrogen and oxygen atoms in total. The van der Waals surface area contributed by atoms with Gasteiger partial charge in [-0.05, 0) is 92.4 Å². The lowest BCUT2D eigenvalue weighted by molar-refractivity contribution is -0.159. The van der Waals surface area contributed by atoms with Crippen molar-refractivity contribution in [3.63, 3.8) is 0 Å². The number of phenolic OH excluding ortho intramolecular Hbond substituents is 1. The van der Waals surface area contributed by atoms with Crippen molar-refractivity contribution in [2.45, 2.75) is 83.7 Å². The smallest absolute Gasteiger partial charge is 0.306 e. The van der Waals surface area contributed by atoms with Gasteiger partial charge >= 0.3 is 11.9 Å². The number of aliphatic carboxylic acids is 1. The third kappa shape index (κ3) is 5.30. The molecule has 2 saturated carbocycles. The summed E-state index contributed by atoms with van der Waals surface area (Å²) in [5.74, 6) is 0.0708. The Morgan fingerprint density at radius 2 is 2.03 bits per heavy atom. The molecule has 0 radical (unpaired) electrons. The molecule has 1 amide bonds. The fourth-order valence-electron chi connectivity index (χ4n) is 7.62. The molecule has 3 aliphatic rings. The normalized spacial score (nSPS) is 29.6. The zero-order valence-electron chi connectivity index (χ0n) is 21.9. The zero-order valence-corrected chi connectivity index (χ0v) is 22.8. The number of amides is 1. The van der Waals surface area contributed by atoms with Crippen molar-refractivity contribution in [2.24, 2.45) is 23.2 Å². The summed E-state index contributed by atoms with van der Waals surface area (Å²) in [7, 11) is 0. The molecule has 2 aromatic rings. The van der Waals surface area contributed by atoms with Crippen LogP contribution in [0.3, 0.4) is 0 Å². The van der Waals surface area contributed by atoms with E-state index in [2.05, 4.69) is 23.3 Å². The van der Waals surface area contributed by atoms with Crippen LogP contribution in [0.1, 0.15) is 80.2 Å². The van der Waals surface area contributed by atoms with Gasteiger partial charge in [0.2, 0.25) is 5.91 Å². The first-order valence-electron chi connectivity index (χ1n) is 13.6. The molecule has 2 fully saturated rings. The van der Waals surface area contributed by atoms with Gasteiger partial charge in [-0.2, -0.15) is 0 Å². The highest BCUT2D eigenvalue weighted by Crippen LogP contribution is 2.64. The van der Waals surface area contributed by atoms with Crippen molar-refractivity contribution >= 4 is 34.3 Å². The van der Waals surface area contributed by atoms with Gasteiger partial charge in [0.15, 0.2) is 5.13 Å². The van der Waals surface area contributed by atoms with E-state index >= 15 is 0 Å². The number of fused-ring (bicyclic) bond motifs is 5. The van der Waals surface area contributed by atoms with E-state index in [1.807, 2.05) is 13.0 Å². The van der Waals surface area contributed by atoms with E-state index in [0.717, 1.165) is 30.6 Å². The number of carbonyl (C=O) groups excluding carboxylic acids is 2. The standard InChI is InChI=1S/C29H36N2O6S/c1-16-15-30-28(38-16)31-24(33)8-4-18-14-23(37-26(36)10-9-25(34)35)29(2)12-11-21-20-7-5-19(32)13-17(20)3-6-22(21)27(18)29/h5,7,13,15,18,21-23,27,32H,3-4,6,8-12,14H2,1-2H3,(H,34,35)(H,30,31,33). The maximum Gasteiger partial charge on any atom is 0.306 e. The highest BCUT2D eigenvalue weighted by atomic mass is 32.1. The van der Waals surface area contributed by atoms with Crippen molar-refractivity contribution in [1.29, 1.82) is 0 Å². The quantitative estimate of drug-likeness (QED) is 0.381. The Morgan fingerprint density at radius 3 is 2.76 bits per heavy atom. The molecule has 3 N–H and O–H groups in total. The molecule has 6 unspecified atom stereocenters. The number of rotatable bonds is 8. The van der Waals surface area contributed by atoms with Gasteiger partial charge in [0, 0.05) is 22.9 Å². The van der Waals surface area contributed by atoms with Crippen LogP contribution < -0.4 is 5.32 Å². The molecule has 0 spiro atoms. The van der Waals surface area contributed by atoms with Crippen LogP contribution >= 0.6 is 11.3 Å². The number of esters is 1. The van der Waals surface area contributed by atoms with Crippen molar-refractivity contribution < 1.29 is 29.3 Å². The topological polar surface area (TPSA) is 126 Å². The van der Waals surface area contributed by atoms with E-state index in [9.17, 15) is 19.5 Å². The van der Waals surface area contributed by atoms with E-state index < -0.39 is 11.9 Å². The van der Waals surface area contributed by atoms with Crippen LogP contribution in [0.15, 0.2) is 24.4 Å². The van der Waals surface area contributed by atoms with Crippen molar-refractivity contribution in [3.8, 4) is 5.75 Å². The molecular weight excluding hydrogens is 504 g/mol. The van der Waals surface area contributed by atoms with E-state index in [0.29, 0.717) is 42.0 Å². The number of hydrogen-bond donors (Lipinski definition) is 3. The molecule has 0 bridgehead atoms. The molecule has 5 rings (SSSR count). The van der Waals surface area contributed by atoms with Gasteiger partial charge in [0.1, 0.15) is 11.9 Å². The van der Waals surface area contributed by atoms with Crippen LogP contribution in [0.4, 0.5) is 5.13 Å². The van der Waals surface area contributed by atoms with Gasteiger partial charge in [-0.1, -0.05) is 13.0 Å². The van der Waals surface area contributed by atoms with Gasteiger partial charge in [-0.3, -0.25) is 14.4 Å². The number of aromatic nitrogens is 1. The number of nitrogens with one attached hydrogen (secondary N) is 1. The van der Waals surface area contributed by atoms with Gasteiger partial charge < -0.3 is 20.3 Å². The second kappa shape index (κ2) is 10.7. The van der Waals surface area contributed by atoms with Gasteiger partial charge in [0.25, 0.3) is 0 Å². The number of nitrogens with zero attached hydrogens (tertiary/aromatic N) is 1. The van der Waals surface area contributed by atoms with Crippen molar-refractivity contribution in [2.75, 3.05) is 5.32 Å². The second-order valence-electron chi connectivity index (χ2n) is 11.5. The molecule has 9 heteroatoms. The number of hydrogen-bond acceptors (Lipinski definition) is 7. The summed E-state index contributed by atoms with van der Waals surface area (Å²) in [4.78, 5) is 41.7. The fraction of sp³-hybridized carbons (Fsp3) is 0.586. The maximum absolute atomic E-state index is 12.8. The van der Waals surface area contributed by atoms with Crippen LogP contribution in [0.25, 0.3) is 0 Å². The number of carboxylic acid groups (broad SMARTS) is 1. The monoisotopic (exact) mass is 540 g/mol. The minimum absolute atomic E-state index is 0.0558. The first-order valence-corrected chi connectivity index (χ1v) is 14.4. The Labute approximate surface area is 226 Å². The van der Waals surface area contributed by atoms with E-state index in [1.54, 1.807) is 12.3 Å².